The molecule has 0 aliphatic heterocycles. The summed E-state index contributed by atoms with van der Waals surface area (Å²) >= 11 is 0. The maximum Gasteiger partial charge on any atom is 0.164 e. The second kappa shape index (κ2) is 14.1. The number of aromatic nitrogens is 3. The zero-order chi connectivity index (χ0) is 40.3. The van der Waals surface area contributed by atoms with Gasteiger partial charge in [-0.25, -0.2) is 15.0 Å². The van der Waals surface area contributed by atoms with E-state index in [2.05, 4.69) is 206 Å². The minimum atomic E-state index is -0.610. The molecule has 3 heteroatoms. The van der Waals surface area contributed by atoms with Crippen LogP contribution in [0.2, 0.25) is 0 Å². The number of nitrogens with zero attached hydrogens (tertiary/aromatic N) is 3. The van der Waals surface area contributed by atoms with Crippen LogP contribution in [0, 0.1) is 0 Å². The molecule has 9 aromatic carbocycles. The van der Waals surface area contributed by atoms with Crippen molar-refractivity contribution in [1.29, 1.82) is 0 Å². The molecule has 0 amide bonds. The highest BCUT2D eigenvalue weighted by molar-refractivity contribution is 6.00. The highest BCUT2D eigenvalue weighted by Crippen LogP contribution is 2.62. The molecule has 2 aliphatic rings. The van der Waals surface area contributed by atoms with E-state index in [4.69, 9.17) is 15.0 Å². The van der Waals surface area contributed by atoms with Crippen molar-refractivity contribution >= 4 is 0 Å². The van der Waals surface area contributed by atoms with Gasteiger partial charge in [0, 0.05) is 16.7 Å². The summed E-state index contributed by atoms with van der Waals surface area (Å²) in [5, 5.41) is 0. The van der Waals surface area contributed by atoms with Crippen molar-refractivity contribution in [2.75, 3.05) is 0 Å². The molecule has 0 fully saturated rings. The van der Waals surface area contributed by atoms with E-state index in [1.165, 1.54) is 50.1 Å². The van der Waals surface area contributed by atoms with E-state index in [0.29, 0.717) is 17.5 Å². The van der Waals surface area contributed by atoms with E-state index in [1.54, 1.807) is 0 Å². The van der Waals surface area contributed by atoms with Crippen LogP contribution in [0.1, 0.15) is 22.3 Å². The molecule has 12 rings (SSSR count). The van der Waals surface area contributed by atoms with Gasteiger partial charge in [-0.05, 0) is 96.1 Å². The van der Waals surface area contributed by atoms with Crippen molar-refractivity contribution in [2.24, 2.45) is 0 Å². The molecule has 61 heavy (non-hydrogen) atoms. The van der Waals surface area contributed by atoms with Gasteiger partial charge in [0.2, 0.25) is 0 Å². The van der Waals surface area contributed by atoms with Crippen molar-refractivity contribution < 1.29 is 0 Å². The Balaban J connectivity index is 1.15. The van der Waals surface area contributed by atoms with E-state index in [0.717, 1.165) is 44.5 Å². The molecule has 10 aromatic rings. The van der Waals surface area contributed by atoms with Crippen molar-refractivity contribution in [2.45, 2.75) is 5.41 Å². The molecule has 0 saturated carbocycles. The van der Waals surface area contributed by atoms with Crippen LogP contribution in [-0.4, -0.2) is 15.0 Å². The molecule has 2 aliphatic carbocycles. The van der Waals surface area contributed by atoms with E-state index in [1.807, 2.05) is 18.2 Å². The first kappa shape index (κ1) is 35.0. The lowest BCUT2D eigenvalue weighted by Gasteiger charge is -2.35. The molecule has 0 saturated heterocycles. The third kappa shape index (κ3) is 5.48. The second-order valence-electron chi connectivity index (χ2n) is 15.9. The van der Waals surface area contributed by atoms with Gasteiger partial charge in [0.05, 0.1) is 5.41 Å². The SMILES string of the molecule is c1ccc(-c2cc(-c3ccccc3)cc(-c3nc(-c4ccccc4)nc(-c4cccc5c4-c4ccccc4C54c5ccccc5-c5ccccc5-c5ccccc54)n3)c2)cc1. The van der Waals surface area contributed by atoms with Crippen LogP contribution in [0.15, 0.2) is 224 Å². The minimum Gasteiger partial charge on any atom is -0.208 e. The van der Waals surface area contributed by atoms with E-state index in [-0.39, 0.29) is 0 Å². The Labute approximate surface area is 355 Å². The first-order valence-electron chi connectivity index (χ1n) is 20.9. The average Bonchev–Trinajstić information content (AvgIpc) is 3.59. The van der Waals surface area contributed by atoms with Gasteiger partial charge in [-0.15, -0.1) is 0 Å². The van der Waals surface area contributed by atoms with Gasteiger partial charge in [-0.2, -0.15) is 0 Å². The summed E-state index contributed by atoms with van der Waals surface area (Å²) in [4.78, 5) is 16.1. The highest BCUT2D eigenvalue weighted by atomic mass is 15.0. The minimum absolute atomic E-state index is 0.610. The first-order chi connectivity index (χ1) is 30.3. The largest absolute Gasteiger partial charge is 0.208 e. The standard InChI is InChI=1S/C58H37N3/c1-4-19-38(20-5-1)41-35-42(39-21-6-2-7-22-39)37-43(36-41)56-59-55(40-23-8-3-9-24-40)60-57(61-56)49-30-18-34-53-54(49)48-29-14-17-33-52(48)58(53)50-31-15-12-27-46(50)44-25-10-11-26-45(44)47-28-13-16-32-51(47)58/h1-37H. The molecular formula is C58H37N3. The Bertz CT molecular complexity index is 3180. The number of rotatable bonds is 5. The summed E-state index contributed by atoms with van der Waals surface area (Å²) in [6.07, 6.45) is 0. The number of benzene rings is 9. The average molecular weight is 776 g/mol. The molecule has 0 bridgehead atoms. The number of hydrogen-bond donors (Lipinski definition) is 0. The fraction of sp³-hybridized carbons (Fsp3) is 0.0172. The van der Waals surface area contributed by atoms with E-state index in [9.17, 15) is 0 Å². The quantitative estimate of drug-likeness (QED) is 0.175. The predicted octanol–water partition coefficient (Wildman–Crippen LogP) is 14.2. The van der Waals surface area contributed by atoms with Gasteiger partial charge in [0.15, 0.2) is 17.5 Å². The lowest BCUT2D eigenvalue weighted by molar-refractivity contribution is 0.775. The zero-order valence-corrected chi connectivity index (χ0v) is 33.2. The second-order valence-corrected chi connectivity index (χ2v) is 15.9. The van der Waals surface area contributed by atoms with Gasteiger partial charge in [-0.3, -0.25) is 0 Å². The summed E-state index contributed by atoms with van der Waals surface area (Å²) in [6.45, 7) is 0. The van der Waals surface area contributed by atoms with Gasteiger partial charge >= 0.3 is 0 Å². The lowest BCUT2D eigenvalue weighted by Crippen LogP contribution is -2.29. The molecular weight excluding hydrogens is 739 g/mol. The summed E-state index contributed by atoms with van der Waals surface area (Å²) in [7, 11) is 0. The fourth-order valence-electron chi connectivity index (χ4n) is 9.98. The molecule has 1 heterocycles. The monoisotopic (exact) mass is 775 g/mol. The number of fused-ring (bicyclic) bond motifs is 12. The molecule has 1 spiro atoms. The lowest BCUT2D eigenvalue weighted by atomic mass is 9.66. The first-order valence-corrected chi connectivity index (χ1v) is 20.9. The van der Waals surface area contributed by atoms with E-state index >= 15 is 0 Å². The molecule has 0 atom stereocenters. The molecule has 0 unspecified atom stereocenters. The van der Waals surface area contributed by atoms with Gasteiger partial charge in [0.1, 0.15) is 0 Å². The highest BCUT2D eigenvalue weighted by Gasteiger charge is 2.50. The summed E-state index contributed by atoms with van der Waals surface area (Å²) in [6, 6.07) is 80.6. The van der Waals surface area contributed by atoms with Crippen LogP contribution in [0.5, 0.6) is 0 Å². The van der Waals surface area contributed by atoms with Crippen LogP contribution in [0.4, 0.5) is 0 Å². The van der Waals surface area contributed by atoms with Crippen molar-refractivity contribution in [3.63, 3.8) is 0 Å². The summed E-state index contributed by atoms with van der Waals surface area (Å²) in [5.41, 5.74) is 19.0. The Hall–Kier alpha value is -8.01. The van der Waals surface area contributed by atoms with Crippen LogP contribution in [0.3, 0.4) is 0 Å². The normalized spacial score (nSPS) is 12.7. The fourth-order valence-corrected chi connectivity index (χ4v) is 9.98. The van der Waals surface area contributed by atoms with Crippen LogP contribution < -0.4 is 0 Å². The Morgan fingerprint density at radius 1 is 0.230 bits per heavy atom. The Kier molecular flexibility index (Phi) is 8.07. The molecule has 1 aromatic heterocycles. The molecule has 0 N–H and O–H groups in total. The maximum atomic E-state index is 5.47. The third-order valence-corrected chi connectivity index (χ3v) is 12.6. The Morgan fingerprint density at radius 3 is 1.13 bits per heavy atom. The number of hydrogen-bond acceptors (Lipinski definition) is 3. The van der Waals surface area contributed by atoms with Crippen LogP contribution >= 0.6 is 0 Å². The molecule has 284 valence electrons. The topological polar surface area (TPSA) is 38.7 Å². The summed E-state index contributed by atoms with van der Waals surface area (Å²) in [5.74, 6) is 1.89. The van der Waals surface area contributed by atoms with Crippen molar-refractivity contribution in [1.82, 2.24) is 15.0 Å². The Morgan fingerprint density at radius 2 is 0.590 bits per heavy atom. The van der Waals surface area contributed by atoms with Gasteiger partial charge < -0.3 is 0 Å². The van der Waals surface area contributed by atoms with Crippen LogP contribution in [0.25, 0.3) is 89.8 Å². The van der Waals surface area contributed by atoms with Crippen molar-refractivity contribution in [3.8, 4) is 89.8 Å². The van der Waals surface area contributed by atoms with Gasteiger partial charge in [-0.1, -0.05) is 206 Å². The van der Waals surface area contributed by atoms with Crippen molar-refractivity contribution in [3.05, 3.63) is 247 Å². The smallest absolute Gasteiger partial charge is 0.164 e. The summed E-state index contributed by atoms with van der Waals surface area (Å²) < 4.78 is 0. The third-order valence-electron chi connectivity index (χ3n) is 12.6. The molecule has 0 radical (unpaired) electrons. The van der Waals surface area contributed by atoms with Gasteiger partial charge in [0.25, 0.3) is 0 Å². The van der Waals surface area contributed by atoms with E-state index < -0.39 is 5.41 Å². The van der Waals surface area contributed by atoms with Crippen LogP contribution in [-0.2, 0) is 5.41 Å². The zero-order valence-electron chi connectivity index (χ0n) is 33.2. The molecule has 3 nitrogen and oxygen atoms in total. The maximum absolute atomic E-state index is 5.47. The predicted molar refractivity (Wildman–Crippen MR) is 249 cm³/mol.